The summed E-state index contributed by atoms with van der Waals surface area (Å²) in [5.41, 5.74) is 0. The van der Waals surface area contributed by atoms with Crippen LogP contribution in [0.3, 0.4) is 0 Å². The highest BCUT2D eigenvalue weighted by molar-refractivity contribution is 5.80. The number of nitrogens with one attached hydrogen (secondary N) is 1. The molecule has 0 amide bonds. The normalized spacial score (nSPS) is 19.7. The van der Waals surface area contributed by atoms with Crippen LogP contribution >= 0.6 is 0 Å². The van der Waals surface area contributed by atoms with Gasteiger partial charge < -0.3 is 24.6 Å². The minimum Gasteiger partial charge on any atom is -0.381 e. The Hall–Kier alpha value is -1.93. The summed E-state index contributed by atoms with van der Waals surface area (Å²) >= 11 is 0. The fourth-order valence-corrected chi connectivity index (χ4v) is 3.27. The first-order chi connectivity index (χ1) is 12.9. The number of hydrogen-bond donors (Lipinski definition) is 1. The average Bonchev–Trinajstić information content (AvgIpc) is 2.72. The predicted molar refractivity (Wildman–Crippen MR) is 102 cm³/mol. The van der Waals surface area contributed by atoms with Gasteiger partial charge in [-0.25, -0.2) is 9.97 Å². The molecule has 2 saturated heterocycles. The summed E-state index contributed by atoms with van der Waals surface area (Å²) in [6.45, 7) is 6.94. The standard InChI is InChI=1S/C18H30N6O2/c1-19-17(20-8-3-13-26-16-4-14-25-15-5-16)23-9-11-24(12-10-23)18-21-6-2-7-22-18/h2,6-7,16H,3-5,8-15H2,1H3,(H,19,20). The van der Waals surface area contributed by atoms with E-state index in [1.807, 2.05) is 13.1 Å². The van der Waals surface area contributed by atoms with Crippen molar-refractivity contribution in [3.63, 3.8) is 0 Å². The topological polar surface area (TPSA) is 75.1 Å². The summed E-state index contributed by atoms with van der Waals surface area (Å²) in [6, 6.07) is 1.84. The molecular formula is C18H30N6O2. The molecule has 26 heavy (non-hydrogen) atoms. The van der Waals surface area contributed by atoms with Crippen molar-refractivity contribution in [2.45, 2.75) is 25.4 Å². The van der Waals surface area contributed by atoms with Gasteiger partial charge in [0.05, 0.1) is 6.10 Å². The molecule has 0 saturated carbocycles. The van der Waals surface area contributed by atoms with Gasteiger partial charge in [-0.05, 0) is 25.3 Å². The number of aliphatic imine (C=N–C) groups is 1. The van der Waals surface area contributed by atoms with Gasteiger partial charge in [0.15, 0.2) is 5.96 Å². The zero-order chi connectivity index (χ0) is 18.0. The number of hydrogen-bond acceptors (Lipinski definition) is 6. The predicted octanol–water partition coefficient (Wildman–Crippen LogP) is 0.760. The summed E-state index contributed by atoms with van der Waals surface area (Å²) < 4.78 is 11.3. The van der Waals surface area contributed by atoms with Crippen LogP contribution < -0.4 is 10.2 Å². The third-order valence-corrected chi connectivity index (χ3v) is 4.75. The van der Waals surface area contributed by atoms with E-state index in [1.165, 1.54) is 0 Å². The van der Waals surface area contributed by atoms with E-state index < -0.39 is 0 Å². The molecule has 1 aromatic heterocycles. The molecule has 0 aromatic carbocycles. The lowest BCUT2D eigenvalue weighted by atomic mass is 10.1. The molecule has 2 aliphatic heterocycles. The monoisotopic (exact) mass is 362 g/mol. The van der Waals surface area contributed by atoms with Crippen molar-refractivity contribution in [1.29, 1.82) is 0 Å². The second-order valence-electron chi connectivity index (χ2n) is 6.53. The van der Waals surface area contributed by atoms with Gasteiger partial charge in [0, 0.05) is 72.0 Å². The molecule has 0 radical (unpaired) electrons. The van der Waals surface area contributed by atoms with Crippen molar-refractivity contribution in [2.24, 2.45) is 4.99 Å². The Kier molecular flexibility index (Phi) is 7.45. The SMILES string of the molecule is CN=C(NCCCOC1CCOCC1)N1CCN(c2ncccn2)CC1. The molecule has 8 nitrogen and oxygen atoms in total. The van der Waals surface area contributed by atoms with Gasteiger partial charge in [-0.3, -0.25) is 4.99 Å². The van der Waals surface area contributed by atoms with Crippen LogP contribution in [-0.2, 0) is 9.47 Å². The van der Waals surface area contributed by atoms with E-state index in [4.69, 9.17) is 9.47 Å². The molecule has 2 aliphatic rings. The number of aromatic nitrogens is 2. The lowest BCUT2D eigenvalue weighted by Crippen LogP contribution is -2.53. The highest BCUT2D eigenvalue weighted by Gasteiger charge is 2.21. The van der Waals surface area contributed by atoms with Crippen LogP contribution in [-0.4, -0.2) is 86.5 Å². The second-order valence-corrected chi connectivity index (χ2v) is 6.53. The van der Waals surface area contributed by atoms with Gasteiger partial charge in [0.1, 0.15) is 0 Å². The summed E-state index contributed by atoms with van der Waals surface area (Å²) in [5, 5.41) is 3.45. The van der Waals surface area contributed by atoms with Crippen molar-refractivity contribution in [3.05, 3.63) is 18.5 Å². The Bertz CT molecular complexity index is 542. The second kappa shape index (κ2) is 10.3. The zero-order valence-corrected chi connectivity index (χ0v) is 15.6. The number of nitrogens with zero attached hydrogens (tertiary/aromatic N) is 5. The highest BCUT2D eigenvalue weighted by Crippen LogP contribution is 2.11. The maximum absolute atomic E-state index is 5.91. The molecule has 1 N–H and O–H groups in total. The molecule has 1 aromatic rings. The molecule has 0 aliphatic carbocycles. The molecule has 0 atom stereocenters. The first kappa shape index (κ1) is 18.8. The molecule has 144 valence electrons. The third-order valence-electron chi connectivity index (χ3n) is 4.75. The van der Waals surface area contributed by atoms with E-state index in [-0.39, 0.29) is 0 Å². The van der Waals surface area contributed by atoms with Gasteiger partial charge in [-0.15, -0.1) is 0 Å². The van der Waals surface area contributed by atoms with E-state index in [9.17, 15) is 0 Å². The van der Waals surface area contributed by atoms with Crippen molar-refractivity contribution >= 4 is 11.9 Å². The maximum atomic E-state index is 5.91. The van der Waals surface area contributed by atoms with Gasteiger partial charge >= 0.3 is 0 Å². The number of guanidine groups is 1. The molecule has 3 heterocycles. The summed E-state index contributed by atoms with van der Waals surface area (Å²) in [4.78, 5) is 17.6. The van der Waals surface area contributed by atoms with E-state index in [0.29, 0.717) is 6.10 Å². The summed E-state index contributed by atoms with van der Waals surface area (Å²) in [6.07, 6.45) is 6.97. The molecule has 0 spiro atoms. The number of ether oxygens (including phenoxy) is 2. The molecule has 8 heteroatoms. The van der Waals surface area contributed by atoms with Crippen LogP contribution in [0.2, 0.25) is 0 Å². The summed E-state index contributed by atoms with van der Waals surface area (Å²) in [5.74, 6) is 1.77. The van der Waals surface area contributed by atoms with Gasteiger partial charge in [0.25, 0.3) is 0 Å². The Labute approximate surface area is 155 Å². The van der Waals surface area contributed by atoms with Gasteiger partial charge in [-0.2, -0.15) is 0 Å². The van der Waals surface area contributed by atoms with Crippen LogP contribution in [0.1, 0.15) is 19.3 Å². The molecule has 0 bridgehead atoms. The van der Waals surface area contributed by atoms with Crippen molar-refractivity contribution < 1.29 is 9.47 Å². The van der Waals surface area contributed by atoms with E-state index in [1.54, 1.807) is 12.4 Å². The molecule has 2 fully saturated rings. The van der Waals surface area contributed by atoms with Gasteiger partial charge in [0.2, 0.25) is 5.95 Å². The molecule has 3 rings (SSSR count). The first-order valence-electron chi connectivity index (χ1n) is 9.54. The lowest BCUT2D eigenvalue weighted by Gasteiger charge is -2.36. The van der Waals surface area contributed by atoms with Crippen molar-refractivity contribution in [2.75, 3.05) is 64.5 Å². The largest absolute Gasteiger partial charge is 0.381 e. The zero-order valence-electron chi connectivity index (χ0n) is 15.6. The quantitative estimate of drug-likeness (QED) is 0.455. The highest BCUT2D eigenvalue weighted by atomic mass is 16.5. The van der Waals surface area contributed by atoms with Crippen LogP contribution in [0.4, 0.5) is 5.95 Å². The summed E-state index contributed by atoms with van der Waals surface area (Å²) in [7, 11) is 1.84. The third kappa shape index (κ3) is 5.54. The van der Waals surface area contributed by atoms with E-state index in [2.05, 4.69) is 30.1 Å². The number of piperazine rings is 1. The first-order valence-corrected chi connectivity index (χ1v) is 9.54. The Morgan fingerprint density at radius 2 is 1.96 bits per heavy atom. The van der Waals surface area contributed by atoms with Crippen molar-refractivity contribution in [1.82, 2.24) is 20.2 Å². The Morgan fingerprint density at radius 3 is 2.65 bits per heavy atom. The Morgan fingerprint density at radius 1 is 1.23 bits per heavy atom. The van der Waals surface area contributed by atoms with Crippen molar-refractivity contribution in [3.8, 4) is 0 Å². The van der Waals surface area contributed by atoms with E-state index in [0.717, 1.165) is 83.7 Å². The minimum atomic E-state index is 0.372. The van der Waals surface area contributed by atoms with Crippen LogP contribution in [0.15, 0.2) is 23.5 Å². The van der Waals surface area contributed by atoms with Crippen LogP contribution in [0, 0.1) is 0 Å². The van der Waals surface area contributed by atoms with Crippen LogP contribution in [0.5, 0.6) is 0 Å². The van der Waals surface area contributed by atoms with Crippen LogP contribution in [0.25, 0.3) is 0 Å². The smallest absolute Gasteiger partial charge is 0.225 e. The number of rotatable bonds is 6. The fourth-order valence-electron chi connectivity index (χ4n) is 3.27. The lowest BCUT2D eigenvalue weighted by molar-refractivity contribution is -0.0320. The maximum Gasteiger partial charge on any atom is 0.225 e. The van der Waals surface area contributed by atoms with Gasteiger partial charge in [-0.1, -0.05) is 0 Å². The Balaban J connectivity index is 1.33. The fraction of sp³-hybridized carbons (Fsp3) is 0.722. The molecule has 0 unspecified atom stereocenters. The minimum absolute atomic E-state index is 0.372. The van der Waals surface area contributed by atoms with E-state index >= 15 is 0 Å². The number of anilines is 1. The molecular weight excluding hydrogens is 332 g/mol. The average molecular weight is 362 g/mol.